The predicted octanol–water partition coefficient (Wildman–Crippen LogP) is 4.53. The van der Waals surface area contributed by atoms with E-state index in [1.807, 2.05) is 6.07 Å². The molecule has 0 spiro atoms. The normalized spacial score (nSPS) is 14.6. The summed E-state index contributed by atoms with van der Waals surface area (Å²) in [4.78, 5) is 20.7. The van der Waals surface area contributed by atoms with E-state index in [4.69, 9.17) is 0 Å². The summed E-state index contributed by atoms with van der Waals surface area (Å²) in [6, 6.07) is 10.3. The van der Waals surface area contributed by atoms with Crippen LogP contribution in [-0.4, -0.2) is 25.0 Å². The molecule has 0 bridgehead atoms. The molecule has 148 valence electrons. The number of anilines is 1. The Hall–Kier alpha value is -3.36. The maximum absolute atomic E-state index is 13.0. The summed E-state index contributed by atoms with van der Waals surface area (Å²) < 4.78 is 42.2. The van der Waals surface area contributed by atoms with Gasteiger partial charge in [0.15, 0.2) is 0 Å². The van der Waals surface area contributed by atoms with E-state index in [1.54, 1.807) is 24.5 Å². The third-order valence-corrected chi connectivity index (χ3v) is 5.17. The first kappa shape index (κ1) is 17.7. The molecule has 6 nitrogen and oxygen atoms in total. The van der Waals surface area contributed by atoms with Gasteiger partial charge < -0.3 is 14.5 Å². The average molecular weight is 399 g/mol. The number of hydrogen-bond acceptors (Lipinski definition) is 3. The van der Waals surface area contributed by atoms with E-state index in [0.717, 1.165) is 28.4 Å². The number of imidazole rings is 2. The van der Waals surface area contributed by atoms with Crippen LogP contribution in [0.2, 0.25) is 0 Å². The summed E-state index contributed by atoms with van der Waals surface area (Å²) in [6.07, 6.45) is -0.479. The Balaban J connectivity index is 1.42. The Kier molecular flexibility index (Phi) is 3.71. The van der Waals surface area contributed by atoms with E-state index in [9.17, 15) is 18.0 Å². The van der Waals surface area contributed by atoms with Crippen molar-refractivity contribution in [3.05, 3.63) is 54.1 Å². The van der Waals surface area contributed by atoms with Gasteiger partial charge in [0.25, 0.3) is 5.91 Å². The zero-order valence-electron chi connectivity index (χ0n) is 15.4. The number of benzene rings is 2. The molecule has 1 fully saturated rings. The van der Waals surface area contributed by atoms with Gasteiger partial charge in [-0.25, -0.2) is 9.97 Å². The maximum Gasteiger partial charge on any atom is 0.449 e. The zero-order valence-corrected chi connectivity index (χ0v) is 15.4. The molecule has 1 aliphatic rings. The molecule has 9 heteroatoms. The summed E-state index contributed by atoms with van der Waals surface area (Å²) in [6.45, 7) is 0. The van der Waals surface area contributed by atoms with Crippen LogP contribution in [0.3, 0.4) is 0 Å². The lowest BCUT2D eigenvalue weighted by Crippen LogP contribution is -2.12. The molecular weight excluding hydrogens is 383 g/mol. The molecule has 1 amide bonds. The van der Waals surface area contributed by atoms with E-state index in [0.29, 0.717) is 22.8 Å². The number of nitrogens with zero attached hydrogens (tertiary/aromatic N) is 4. The van der Waals surface area contributed by atoms with Crippen LogP contribution in [0.25, 0.3) is 22.1 Å². The first-order valence-corrected chi connectivity index (χ1v) is 9.13. The van der Waals surface area contributed by atoms with Crippen LogP contribution in [0.1, 0.15) is 35.1 Å². The van der Waals surface area contributed by atoms with Gasteiger partial charge in [-0.1, -0.05) is 0 Å². The third-order valence-electron chi connectivity index (χ3n) is 5.17. The fourth-order valence-electron chi connectivity index (χ4n) is 3.55. The minimum atomic E-state index is -4.55. The van der Waals surface area contributed by atoms with Crippen molar-refractivity contribution >= 4 is 33.7 Å². The Bertz CT molecular complexity index is 1270. The molecule has 0 radical (unpaired) electrons. The zero-order chi connectivity index (χ0) is 20.3. The van der Waals surface area contributed by atoms with Crippen molar-refractivity contribution in [3.63, 3.8) is 0 Å². The monoisotopic (exact) mass is 399 g/mol. The number of carbonyl (C=O) groups excluding carboxylic acids is 1. The molecule has 1 saturated carbocycles. The van der Waals surface area contributed by atoms with Gasteiger partial charge in [-0.3, -0.25) is 4.79 Å². The molecule has 1 aliphatic carbocycles. The van der Waals surface area contributed by atoms with Gasteiger partial charge in [0, 0.05) is 24.3 Å². The van der Waals surface area contributed by atoms with Crippen LogP contribution in [0.15, 0.2) is 42.7 Å². The number of halogens is 3. The lowest BCUT2D eigenvalue weighted by atomic mass is 10.1. The van der Waals surface area contributed by atoms with Gasteiger partial charge in [-0.15, -0.1) is 0 Å². The molecule has 2 aromatic heterocycles. The van der Waals surface area contributed by atoms with E-state index < -0.39 is 12.0 Å². The summed E-state index contributed by atoms with van der Waals surface area (Å²) in [5.74, 6) is -1.34. The first-order chi connectivity index (χ1) is 13.8. The van der Waals surface area contributed by atoms with Gasteiger partial charge >= 0.3 is 6.18 Å². The Morgan fingerprint density at radius 2 is 1.86 bits per heavy atom. The second kappa shape index (κ2) is 6.07. The largest absolute Gasteiger partial charge is 0.449 e. The molecule has 0 aliphatic heterocycles. The molecule has 0 atom stereocenters. The molecule has 1 N–H and O–H groups in total. The number of aryl methyl sites for hydroxylation is 1. The Morgan fingerprint density at radius 3 is 2.59 bits per heavy atom. The van der Waals surface area contributed by atoms with Crippen molar-refractivity contribution in [3.8, 4) is 0 Å². The fourth-order valence-corrected chi connectivity index (χ4v) is 3.55. The highest BCUT2D eigenvalue weighted by atomic mass is 19.4. The number of carbonyl (C=O) groups is 1. The second-order valence-corrected chi connectivity index (χ2v) is 7.24. The topological polar surface area (TPSA) is 64.7 Å². The highest BCUT2D eigenvalue weighted by molar-refractivity contribution is 6.06. The number of hydrogen-bond donors (Lipinski definition) is 1. The number of alkyl halides is 3. The molecule has 2 heterocycles. The van der Waals surface area contributed by atoms with Crippen LogP contribution >= 0.6 is 0 Å². The highest BCUT2D eigenvalue weighted by Gasteiger charge is 2.36. The predicted molar refractivity (Wildman–Crippen MR) is 102 cm³/mol. The number of fused-ring (bicyclic) bond motifs is 2. The molecule has 5 rings (SSSR count). The molecule has 29 heavy (non-hydrogen) atoms. The number of amides is 1. The van der Waals surface area contributed by atoms with Crippen molar-refractivity contribution < 1.29 is 18.0 Å². The highest BCUT2D eigenvalue weighted by Crippen LogP contribution is 2.37. The van der Waals surface area contributed by atoms with Crippen molar-refractivity contribution in [1.82, 2.24) is 19.1 Å². The molecular formula is C20H16F3N5O. The lowest BCUT2D eigenvalue weighted by molar-refractivity contribution is -0.146. The van der Waals surface area contributed by atoms with Gasteiger partial charge in [-0.05, 0) is 49.2 Å². The van der Waals surface area contributed by atoms with Crippen molar-refractivity contribution in [2.45, 2.75) is 25.1 Å². The van der Waals surface area contributed by atoms with Gasteiger partial charge in [-0.2, -0.15) is 13.2 Å². The number of aromatic nitrogens is 4. The van der Waals surface area contributed by atoms with Crippen LogP contribution in [0.4, 0.5) is 18.9 Å². The van der Waals surface area contributed by atoms with Crippen molar-refractivity contribution in [1.29, 1.82) is 0 Å². The van der Waals surface area contributed by atoms with E-state index >= 15 is 0 Å². The van der Waals surface area contributed by atoms with E-state index in [-0.39, 0.29) is 11.4 Å². The van der Waals surface area contributed by atoms with Crippen LogP contribution in [-0.2, 0) is 13.2 Å². The molecule has 0 saturated heterocycles. The Morgan fingerprint density at radius 1 is 1.10 bits per heavy atom. The Labute approximate surface area is 163 Å². The standard InChI is InChI=1S/C20H16F3N5O/c1-27-16-7-3-12(9-15(16)26-19(27)20(21,22)23)25-18(29)11-2-6-17-14(8-11)24-10-28(17)13-4-5-13/h2-3,6-10,13H,4-5H2,1H3,(H,25,29). The molecule has 2 aromatic carbocycles. The first-order valence-electron chi connectivity index (χ1n) is 9.13. The van der Waals surface area contributed by atoms with Crippen molar-refractivity contribution in [2.75, 3.05) is 5.32 Å². The molecule has 4 aromatic rings. The quantitative estimate of drug-likeness (QED) is 0.551. The number of nitrogens with one attached hydrogen (secondary N) is 1. The van der Waals surface area contributed by atoms with E-state index in [1.165, 1.54) is 19.2 Å². The number of rotatable bonds is 3. The summed E-state index contributed by atoms with van der Waals surface area (Å²) >= 11 is 0. The fraction of sp³-hybridized carbons (Fsp3) is 0.250. The van der Waals surface area contributed by atoms with Crippen molar-refractivity contribution in [2.24, 2.45) is 7.05 Å². The van der Waals surface area contributed by atoms with Crippen LogP contribution < -0.4 is 5.32 Å². The third kappa shape index (κ3) is 3.02. The van der Waals surface area contributed by atoms with E-state index in [2.05, 4.69) is 19.9 Å². The lowest BCUT2D eigenvalue weighted by Gasteiger charge is -2.07. The minimum Gasteiger partial charge on any atom is -0.327 e. The maximum atomic E-state index is 13.0. The summed E-state index contributed by atoms with van der Waals surface area (Å²) in [5.41, 5.74) is 3.02. The van der Waals surface area contributed by atoms with Gasteiger partial charge in [0.2, 0.25) is 5.82 Å². The average Bonchev–Trinajstić information content (AvgIpc) is 3.34. The smallest absolute Gasteiger partial charge is 0.327 e. The van der Waals surface area contributed by atoms with Crippen LogP contribution in [0.5, 0.6) is 0 Å². The second-order valence-electron chi connectivity index (χ2n) is 7.24. The summed E-state index contributed by atoms with van der Waals surface area (Å²) in [7, 11) is 1.31. The van der Waals surface area contributed by atoms with Gasteiger partial charge in [0.05, 0.1) is 28.4 Å². The SMILES string of the molecule is Cn1c(C(F)(F)F)nc2cc(NC(=O)c3ccc4c(c3)ncn4C3CC3)ccc21. The van der Waals surface area contributed by atoms with Crippen LogP contribution in [0, 0.1) is 0 Å². The summed E-state index contributed by atoms with van der Waals surface area (Å²) in [5, 5.41) is 2.72. The van der Waals surface area contributed by atoms with Gasteiger partial charge in [0.1, 0.15) is 0 Å². The molecule has 0 unspecified atom stereocenters. The minimum absolute atomic E-state index is 0.163.